The molecule has 2 aliphatic heterocycles. The van der Waals surface area contributed by atoms with Gasteiger partial charge in [-0.3, -0.25) is 9.69 Å². The van der Waals surface area contributed by atoms with Crippen LogP contribution in [0.4, 0.5) is 0 Å². The van der Waals surface area contributed by atoms with Gasteiger partial charge in [0.15, 0.2) is 5.17 Å². The molecule has 0 unspecified atom stereocenters. The van der Waals surface area contributed by atoms with Crippen molar-refractivity contribution in [2.75, 3.05) is 13.7 Å². The molecule has 27 heavy (non-hydrogen) atoms. The Labute approximate surface area is 162 Å². The Balaban J connectivity index is 2.04. The highest BCUT2D eigenvalue weighted by molar-refractivity contribution is 8.15. The number of fused-ring (bicyclic) bond motifs is 1. The van der Waals surface area contributed by atoms with Gasteiger partial charge in [-0.15, -0.1) is 0 Å². The fourth-order valence-corrected chi connectivity index (χ4v) is 4.13. The number of hydrogen-bond donors (Lipinski definition) is 0. The van der Waals surface area contributed by atoms with Crippen LogP contribution in [-0.2, 0) is 14.3 Å². The van der Waals surface area contributed by atoms with Crippen LogP contribution in [0.3, 0.4) is 0 Å². The number of methoxy groups -OCH3 is 1. The van der Waals surface area contributed by atoms with Crippen molar-refractivity contribution >= 4 is 34.9 Å². The van der Waals surface area contributed by atoms with Crippen LogP contribution in [0, 0.1) is 0 Å². The smallest absolute Gasteiger partial charge is 0.338 e. The number of carbonyl (C=O) groups excluding carboxylic acids is 2. The van der Waals surface area contributed by atoms with Crippen molar-refractivity contribution in [1.29, 1.82) is 0 Å². The summed E-state index contributed by atoms with van der Waals surface area (Å²) in [6.45, 7) is 5.63. The molecule has 0 spiro atoms. The van der Waals surface area contributed by atoms with Crippen molar-refractivity contribution in [1.82, 2.24) is 4.90 Å². The van der Waals surface area contributed by atoms with E-state index < -0.39 is 12.0 Å². The topological polar surface area (TPSA) is 68.2 Å². The second-order valence-corrected chi connectivity index (χ2v) is 7.44. The standard InChI is InChI=1S/C20H22N2O4S/c1-5-26-19(24)17-12(2)21-20-22(18(23)13(3)27-20)15(17)11-10-14-8-6-7-9-16(14)25-4/h6-11,13,15H,5H2,1-4H3/b11-10+/t13-,15-/m1/s1. The molecule has 1 fully saturated rings. The molecule has 142 valence electrons. The molecule has 6 nitrogen and oxygen atoms in total. The van der Waals surface area contributed by atoms with Gasteiger partial charge in [-0.1, -0.05) is 42.1 Å². The number of aliphatic imine (C=N–C) groups is 1. The van der Waals surface area contributed by atoms with Crippen molar-refractivity contribution in [3.8, 4) is 5.75 Å². The molecule has 0 bridgehead atoms. The van der Waals surface area contributed by atoms with E-state index in [1.54, 1.807) is 25.9 Å². The average molecular weight is 386 g/mol. The molecular weight excluding hydrogens is 364 g/mol. The van der Waals surface area contributed by atoms with E-state index in [-0.39, 0.29) is 17.8 Å². The van der Waals surface area contributed by atoms with Gasteiger partial charge in [0.05, 0.1) is 36.3 Å². The summed E-state index contributed by atoms with van der Waals surface area (Å²) in [5.74, 6) is 0.194. The predicted octanol–water partition coefficient (Wildman–Crippen LogP) is 3.25. The summed E-state index contributed by atoms with van der Waals surface area (Å²) >= 11 is 1.40. The van der Waals surface area contributed by atoms with Crippen molar-refractivity contribution in [2.24, 2.45) is 4.99 Å². The Bertz CT molecular complexity index is 859. The Kier molecular flexibility index (Phi) is 5.70. The van der Waals surface area contributed by atoms with Crippen molar-refractivity contribution in [3.63, 3.8) is 0 Å². The highest BCUT2D eigenvalue weighted by Gasteiger charge is 2.44. The van der Waals surface area contributed by atoms with Gasteiger partial charge < -0.3 is 9.47 Å². The van der Waals surface area contributed by atoms with Crippen LogP contribution in [0.25, 0.3) is 6.08 Å². The van der Waals surface area contributed by atoms with Gasteiger partial charge in [0, 0.05) is 5.56 Å². The minimum absolute atomic E-state index is 0.0669. The van der Waals surface area contributed by atoms with Crippen molar-refractivity contribution < 1.29 is 19.1 Å². The number of thioether (sulfide) groups is 1. The summed E-state index contributed by atoms with van der Waals surface area (Å²) in [7, 11) is 1.61. The van der Waals surface area contributed by atoms with Crippen molar-refractivity contribution in [2.45, 2.75) is 32.1 Å². The van der Waals surface area contributed by atoms with Crippen molar-refractivity contribution in [3.05, 3.63) is 47.2 Å². The summed E-state index contributed by atoms with van der Waals surface area (Å²) in [5, 5.41) is 0.382. The van der Waals surface area contributed by atoms with E-state index >= 15 is 0 Å². The van der Waals surface area contributed by atoms with E-state index in [0.29, 0.717) is 22.2 Å². The van der Waals surface area contributed by atoms with Crippen LogP contribution in [0.1, 0.15) is 26.3 Å². The monoisotopic (exact) mass is 386 g/mol. The zero-order valence-corrected chi connectivity index (χ0v) is 16.6. The van der Waals surface area contributed by atoms with Gasteiger partial charge in [-0.25, -0.2) is 9.79 Å². The lowest BCUT2D eigenvalue weighted by atomic mass is 10.00. The summed E-state index contributed by atoms with van der Waals surface area (Å²) in [5.41, 5.74) is 1.82. The zero-order chi connectivity index (χ0) is 19.6. The summed E-state index contributed by atoms with van der Waals surface area (Å²) in [6, 6.07) is 7.00. The molecule has 0 saturated carbocycles. The first-order valence-electron chi connectivity index (χ1n) is 8.75. The lowest BCUT2D eigenvalue weighted by molar-refractivity contribution is -0.139. The van der Waals surface area contributed by atoms with E-state index in [0.717, 1.165) is 5.56 Å². The molecule has 2 atom stereocenters. The lowest BCUT2D eigenvalue weighted by Crippen LogP contribution is -2.45. The van der Waals surface area contributed by atoms with Gasteiger partial charge in [-0.2, -0.15) is 0 Å². The Morgan fingerprint density at radius 1 is 1.37 bits per heavy atom. The highest BCUT2D eigenvalue weighted by Crippen LogP contribution is 2.37. The molecule has 1 aromatic carbocycles. The maximum absolute atomic E-state index is 12.7. The normalized spacial score (nSPS) is 22.1. The fraction of sp³-hybridized carbons (Fsp3) is 0.350. The number of amides is 1. The number of carbonyl (C=O) groups is 2. The molecule has 0 radical (unpaired) electrons. The molecule has 7 heteroatoms. The molecule has 0 aliphatic carbocycles. The molecule has 0 aromatic heterocycles. The van der Waals surface area contributed by atoms with Crippen LogP contribution < -0.4 is 4.74 Å². The van der Waals surface area contributed by atoms with E-state index in [2.05, 4.69) is 4.99 Å². The van der Waals surface area contributed by atoms with Crippen LogP contribution in [0.15, 0.2) is 46.6 Å². The molecular formula is C20H22N2O4S. The Morgan fingerprint density at radius 2 is 2.11 bits per heavy atom. The summed E-state index contributed by atoms with van der Waals surface area (Å²) in [4.78, 5) is 31.3. The van der Waals surface area contributed by atoms with E-state index in [1.165, 1.54) is 11.8 Å². The number of hydrogen-bond acceptors (Lipinski definition) is 6. The Hall–Kier alpha value is -2.54. The van der Waals surface area contributed by atoms with E-state index in [4.69, 9.17) is 9.47 Å². The SMILES string of the molecule is CCOC(=O)C1=C(C)N=C2S[C@H](C)C(=O)N2[C@@H]1/C=C/c1ccccc1OC. The first kappa shape index (κ1) is 19.2. The second-order valence-electron chi connectivity index (χ2n) is 6.13. The molecule has 1 aromatic rings. The maximum Gasteiger partial charge on any atom is 0.338 e. The van der Waals surface area contributed by atoms with Gasteiger partial charge in [0.25, 0.3) is 0 Å². The molecule has 0 N–H and O–H groups in total. The first-order chi connectivity index (χ1) is 13.0. The predicted molar refractivity (Wildman–Crippen MR) is 106 cm³/mol. The minimum atomic E-state index is -0.564. The number of ether oxygens (including phenoxy) is 2. The second kappa shape index (κ2) is 8.00. The molecule has 2 aliphatic rings. The van der Waals surface area contributed by atoms with Gasteiger partial charge in [0.2, 0.25) is 5.91 Å². The third kappa shape index (κ3) is 3.64. The number of esters is 1. The van der Waals surface area contributed by atoms with Crippen LogP contribution in [-0.4, -0.2) is 47.0 Å². The molecule has 1 amide bonds. The largest absolute Gasteiger partial charge is 0.496 e. The average Bonchev–Trinajstić information content (AvgIpc) is 2.93. The van der Waals surface area contributed by atoms with Crippen LogP contribution in [0.5, 0.6) is 5.75 Å². The van der Waals surface area contributed by atoms with Gasteiger partial charge in [0.1, 0.15) is 5.75 Å². The van der Waals surface area contributed by atoms with E-state index in [9.17, 15) is 9.59 Å². The van der Waals surface area contributed by atoms with Gasteiger partial charge in [-0.05, 0) is 26.8 Å². The zero-order valence-electron chi connectivity index (χ0n) is 15.8. The van der Waals surface area contributed by atoms with Gasteiger partial charge >= 0.3 is 5.97 Å². The first-order valence-corrected chi connectivity index (χ1v) is 9.63. The number of rotatable bonds is 5. The molecule has 1 saturated heterocycles. The number of nitrogens with zero attached hydrogens (tertiary/aromatic N) is 2. The van der Waals surface area contributed by atoms with Crippen LogP contribution >= 0.6 is 11.8 Å². The molecule has 3 rings (SSSR count). The number of amidine groups is 1. The number of allylic oxidation sites excluding steroid dienone is 1. The quantitative estimate of drug-likeness (QED) is 0.727. The summed E-state index contributed by atoms with van der Waals surface area (Å²) < 4.78 is 10.6. The third-order valence-electron chi connectivity index (χ3n) is 4.39. The van der Waals surface area contributed by atoms with E-state index in [1.807, 2.05) is 43.3 Å². The lowest BCUT2D eigenvalue weighted by Gasteiger charge is -2.30. The molecule has 2 heterocycles. The Morgan fingerprint density at radius 3 is 2.81 bits per heavy atom. The minimum Gasteiger partial charge on any atom is -0.496 e. The highest BCUT2D eigenvalue weighted by atomic mass is 32.2. The summed E-state index contributed by atoms with van der Waals surface area (Å²) in [6.07, 6.45) is 3.69. The maximum atomic E-state index is 12.7. The fourth-order valence-electron chi connectivity index (χ4n) is 3.10. The third-order valence-corrected chi connectivity index (χ3v) is 5.45. The number of benzene rings is 1. The van der Waals surface area contributed by atoms with Crippen LogP contribution in [0.2, 0.25) is 0 Å². The number of para-hydroxylation sites is 1.